The first-order valence-electron chi connectivity index (χ1n) is 8.68. The Kier molecular flexibility index (Phi) is 3.65. The molecule has 1 aliphatic rings. The van der Waals surface area contributed by atoms with E-state index in [1.54, 1.807) is 11.3 Å². The number of hydrogen-bond donors (Lipinski definition) is 0. The number of allylic oxidation sites excluding steroid dienone is 3. The Hall–Kier alpha value is -1.87. The van der Waals surface area contributed by atoms with E-state index in [9.17, 15) is 0 Å². The lowest BCUT2D eigenvalue weighted by Crippen LogP contribution is -2.33. The van der Waals surface area contributed by atoms with E-state index in [4.69, 9.17) is 4.42 Å². The zero-order chi connectivity index (χ0) is 16.9. The van der Waals surface area contributed by atoms with Gasteiger partial charge in [-0.2, -0.15) is 4.57 Å². The summed E-state index contributed by atoms with van der Waals surface area (Å²) in [7, 11) is 0. The second-order valence-corrected chi connectivity index (χ2v) is 8.64. The fraction of sp³-hybridized carbons (Fsp3) is 0.381. The molecule has 0 amide bonds. The Bertz CT molecular complexity index is 984. The molecule has 0 aliphatic heterocycles. The average molecular weight is 338 g/mol. The molecule has 2 nitrogen and oxygen atoms in total. The monoisotopic (exact) mass is 338 g/mol. The fourth-order valence-corrected chi connectivity index (χ4v) is 5.23. The van der Waals surface area contributed by atoms with Crippen LogP contribution in [0.3, 0.4) is 0 Å². The second kappa shape index (κ2) is 5.59. The molecule has 2 heterocycles. The van der Waals surface area contributed by atoms with Crippen molar-refractivity contribution in [3.8, 4) is 0 Å². The molecule has 2 aromatic heterocycles. The van der Waals surface area contributed by atoms with Crippen LogP contribution in [0, 0.1) is 5.41 Å². The van der Waals surface area contributed by atoms with E-state index >= 15 is 0 Å². The summed E-state index contributed by atoms with van der Waals surface area (Å²) in [6.07, 6.45) is 7.05. The summed E-state index contributed by atoms with van der Waals surface area (Å²) in [5.41, 5.74) is 5.48. The van der Waals surface area contributed by atoms with Crippen LogP contribution in [-0.2, 0) is 6.54 Å². The summed E-state index contributed by atoms with van der Waals surface area (Å²) in [5, 5.41) is 2.50. The smallest absolute Gasteiger partial charge is 0.271 e. The molecule has 0 fully saturated rings. The van der Waals surface area contributed by atoms with Gasteiger partial charge in [0.15, 0.2) is 0 Å². The van der Waals surface area contributed by atoms with E-state index < -0.39 is 0 Å². The van der Waals surface area contributed by atoms with E-state index in [-0.39, 0.29) is 0 Å². The molecule has 24 heavy (non-hydrogen) atoms. The van der Waals surface area contributed by atoms with Crippen molar-refractivity contribution in [2.75, 3.05) is 0 Å². The molecule has 0 bridgehead atoms. The molecule has 124 valence electrons. The number of thiazole rings is 1. The number of benzene rings is 1. The van der Waals surface area contributed by atoms with E-state index in [1.807, 2.05) is 6.07 Å². The van der Waals surface area contributed by atoms with Gasteiger partial charge in [0.05, 0.1) is 5.39 Å². The van der Waals surface area contributed by atoms with Crippen molar-refractivity contribution >= 4 is 38.8 Å². The van der Waals surface area contributed by atoms with Crippen LogP contribution in [-0.4, -0.2) is 0 Å². The molecule has 0 radical (unpaired) electrons. The zero-order valence-electron chi connectivity index (χ0n) is 14.8. The van der Waals surface area contributed by atoms with E-state index in [0.29, 0.717) is 5.41 Å². The first-order valence-corrected chi connectivity index (χ1v) is 9.50. The summed E-state index contributed by atoms with van der Waals surface area (Å²) in [6, 6.07) is 8.33. The predicted octanol–water partition coefficient (Wildman–Crippen LogP) is 6.10. The number of fused-ring (bicyclic) bond motifs is 3. The minimum atomic E-state index is 0.352. The van der Waals surface area contributed by atoms with Crippen LogP contribution in [0.4, 0.5) is 0 Å². The largest absolute Gasteiger partial charge is 0.439 e. The molecule has 1 aliphatic carbocycles. The molecule has 4 rings (SSSR count). The number of aryl methyl sites for hydroxylation is 1. The quantitative estimate of drug-likeness (QED) is 0.516. The Labute approximate surface area is 147 Å². The van der Waals surface area contributed by atoms with Gasteiger partial charge in [0.1, 0.15) is 12.1 Å². The van der Waals surface area contributed by atoms with Gasteiger partial charge in [-0.05, 0) is 61.1 Å². The zero-order valence-corrected chi connectivity index (χ0v) is 15.7. The highest BCUT2D eigenvalue weighted by molar-refractivity contribution is 7.18. The van der Waals surface area contributed by atoms with E-state index in [2.05, 4.69) is 62.6 Å². The number of rotatable bonds is 2. The lowest BCUT2D eigenvalue weighted by molar-refractivity contribution is -0.664. The summed E-state index contributed by atoms with van der Waals surface area (Å²) in [6.45, 7) is 10.1. The standard InChI is InChI=1S/C21H24NOS/c1-5-22-18(11-15-10-14(2)12-21(3,4)13-15)24-20-19(22)16-8-6-7-9-17(16)23-20/h6-11H,5,12-13H2,1-4H3/q+1/b15-11+. The topological polar surface area (TPSA) is 17.0 Å². The Balaban J connectivity index is 1.88. The molecule has 0 N–H and O–H groups in total. The number of nitrogens with zero attached hydrogens (tertiary/aromatic N) is 1. The SMILES string of the molecule is CC[n+]1c(/C=C2\C=C(C)CC(C)(C)C2)sc2oc3ccccc3c21. The van der Waals surface area contributed by atoms with Gasteiger partial charge >= 0.3 is 0 Å². The van der Waals surface area contributed by atoms with Crippen LogP contribution in [0.2, 0.25) is 0 Å². The molecular formula is C21H24NOS+. The van der Waals surface area contributed by atoms with Crippen molar-refractivity contribution in [2.45, 2.75) is 47.1 Å². The van der Waals surface area contributed by atoms with Crippen molar-refractivity contribution < 1.29 is 8.98 Å². The lowest BCUT2D eigenvalue weighted by Gasteiger charge is -2.29. The van der Waals surface area contributed by atoms with E-state index in [1.165, 1.54) is 33.5 Å². The molecule has 0 unspecified atom stereocenters. The molecule has 0 saturated carbocycles. The number of aromatic nitrogens is 1. The first-order chi connectivity index (χ1) is 11.5. The fourth-order valence-electron chi connectivity index (χ4n) is 4.06. The summed E-state index contributed by atoms with van der Waals surface area (Å²) < 4.78 is 8.47. The maximum Gasteiger partial charge on any atom is 0.271 e. The van der Waals surface area contributed by atoms with E-state index in [0.717, 1.165) is 23.4 Å². The summed E-state index contributed by atoms with van der Waals surface area (Å²) in [5.74, 6) is 0. The Morgan fingerprint density at radius 3 is 2.79 bits per heavy atom. The van der Waals surface area contributed by atoms with Gasteiger partial charge in [-0.3, -0.25) is 0 Å². The van der Waals surface area contributed by atoms with Crippen molar-refractivity contribution in [1.82, 2.24) is 0 Å². The van der Waals surface area contributed by atoms with Gasteiger partial charge in [0.2, 0.25) is 0 Å². The number of furan rings is 1. The van der Waals surface area contributed by atoms with Crippen LogP contribution in [0.1, 0.15) is 45.5 Å². The van der Waals surface area contributed by atoms with Crippen molar-refractivity contribution in [2.24, 2.45) is 5.41 Å². The lowest BCUT2D eigenvalue weighted by atomic mass is 9.75. The second-order valence-electron chi connectivity index (χ2n) is 7.65. The third-order valence-corrected chi connectivity index (χ3v) is 5.78. The number of hydrogen-bond acceptors (Lipinski definition) is 2. The molecule has 0 spiro atoms. The molecule has 0 atom stereocenters. The van der Waals surface area contributed by atoms with Crippen LogP contribution < -0.4 is 4.57 Å². The highest BCUT2D eigenvalue weighted by atomic mass is 32.1. The molecule has 3 heteroatoms. The minimum absolute atomic E-state index is 0.352. The first kappa shape index (κ1) is 15.6. The van der Waals surface area contributed by atoms with Crippen LogP contribution >= 0.6 is 11.3 Å². The maximum atomic E-state index is 6.08. The van der Waals surface area contributed by atoms with Gasteiger partial charge in [0, 0.05) is 6.08 Å². The van der Waals surface area contributed by atoms with Crippen molar-refractivity contribution in [1.29, 1.82) is 0 Å². The molecule has 1 aromatic carbocycles. The maximum absolute atomic E-state index is 6.08. The third kappa shape index (κ3) is 2.61. The minimum Gasteiger partial charge on any atom is -0.439 e. The normalized spacial score (nSPS) is 19.3. The van der Waals surface area contributed by atoms with Gasteiger partial charge in [-0.1, -0.05) is 37.6 Å². The third-order valence-electron chi connectivity index (χ3n) is 4.77. The average Bonchev–Trinajstić information content (AvgIpc) is 3.00. The summed E-state index contributed by atoms with van der Waals surface area (Å²) in [4.78, 5) is 1.03. The van der Waals surface area contributed by atoms with Crippen molar-refractivity contribution in [3.05, 3.63) is 46.5 Å². The highest BCUT2D eigenvalue weighted by Crippen LogP contribution is 2.39. The van der Waals surface area contributed by atoms with Crippen LogP contribution in [0.25, 0.3) is 27.5 Å². The molecular weight excluding hydrogens is 314 g/mol. The van der Waals surface area contributed by atoms with Gasteiger partial charge in [0.25, 0.3) is 15.4 Å². The predicted molar refractivity (Wildman–Crippen MR) is 102 cm³/mol. The Morgan fingerprint density at radius 1 is 1.25 bits per heavy atom. The highest BCUT2D eigenvalue weighted by Gasteiger charge is 2.27. The van der Waals surface area contributed by atoms with Gasteiger partial charge in [-0.15, -0.1) is 0 Å². The van der Waals surface area contributed by atoms with Gasteiger partial charge < -0.3 is 4.42 Å². The van der Waals surface area contributed by atoms with Gasteiger partial charge in [-0.25, -0.2) is 0 Å². The number of para-hydroxylation sites is 1. The summed E-state index contributed by atoms with van der Waals surface area (Å²) >= 11 is 1.76. The van der Waals surface area contributed by atoms with Crippen LogP contribution in [0.15, 0.2) is 45.9 Å². The Morgan fingerprint density at radius 2 is 2.04 bits per heavy atom. The van der Waals surface area contributed by atoms with Crippen molar-refractivity contribution in [3.63, 3.8) is 0 Å². The van der Waals surface area contributed by atoms with Crippen LogP contribution in [0.5, 0.6) is 0 Å². The molecule has 3 aromatic rings. The molecule has 0 saturated heterocycles.